The molecule has 1 atom stereocenters. The van der Waals surface area contributed by atoms with Crippen LogP contribution < -0.4 is 10.6 Å². The van der Waals surface area contributed by atoms with Gasteiger partial charge in [0.25, 0.3) is 0 Å². The molecule has 0 amide bonds. The lowest BCUT2D eigenvalue weighted by atomic mass is 9.94. The van der Waals surface area contributed by atoms with Crippen molar-refractivity contribution < 1.29 is 0 Å². The van der Waals surface area contributed by atoms with Crippen LogP contribution in [0.3, 0.4) is 0 Å². The van der Waals surface area contributed by atoms with E-state index in [4.69, 9.17) is 12.2 Å². The summed E-state index contributed by atoms with van der Waals surface area (Å²) in [7, 11) is 0. The standard InChI is InChI=1S/C24H26N2S/c1-16-11-13-21(19(4)14-16)23(20-8-6-5-7-9-20)26-24(27)25-22-15-17(2)10-12-18(22)3/h5-15,23H,1-4H3,(H2,25,26,27)/t23-/m0/s1. The van der Waals surface area contributed by atoms with Gasteiger partial charge < -0.3 is 10.6 Å². The van der Waals surface area contributed by atoms with Crippen LogP contribution in [0.4, 0.5) is 5.69 Å². The van der Waals surface area contributed by atoms with Crippen molar-refractivity contribution in [2.24, 2.45) is 0 Å². The van der Waals surface area contributed by atoms with Gasteiger partial charge in [-0.3, -0.25) is 0 Å². The molecule has 0 aliphatic heterocycles. The van der Waals surface area contributed by atoms with Gasteiger partial charge in [-0.15, -0.1) is 0 Å². The first-order valence-electron chi connectivity index (χ1n) is 9.21. The highest BCUT2D eigenvalue weighted by Crippen LogP contribution is 2.26. The smallest absolute Gasteiger partial charge is 0.171 e. The number of anilines is 1. The van der Waals surface area contributed by atoms with Gasteiger partial charge in [-0.25, -0.2) is 0 Å². The minimum atomic E-state index is -0.00286. The predicted molar refractivity (Wildman–Crippen MR) is 119 cm³/mol. The monoisotopic (exact) mass is 374 g/mol. The van der Waals surface area contributed by atoms with Crippen molar-refractivity contribution in [1.82, 2.24) is 5.32 Å². The van der Waals surface area contributed by atoms with E-state index in [-0.39, 0.29) is 6.04 Å². The molecule has 27 heavy (non-hydrogen) atoms. The van der Waals surface area contributed by atoms with Crippen molar-refractivity contribution in [3.63, 3.8) is 0 Å². The molecule has 0 aliphatic carbocycles. The van der Waals surface area contributed by atoms with Gasteiger partial charge in [-0.2, -0.15) is 0 Å². The molecule has 0 heterocycles. The highest BCUT2D eigenvalue weighted by atomic mass is 32.1. The molecule has 0 aliphatic rings. The molecule has 2 nitrogen and oxygen atoms in total. The van der Waals surface area contributed by atoms with Crippen molar-refractivity contribution in [1.29, 1.82) is 0 Å². The second kappa shape index (κ2) is 8.36. The molecular formula is C24H26N2S. The van der Waals surface area contributed by atoms with Crippen LogP contribution in [0.15, 0.2) is 66.7 Å². The zero-order valence-corrected chi connectivity index (χ0v) is 17.2. The Morgan fingerprint density at radius 3 is 2.15 bits per heavy atom. The molecule has 3 heteroatoms. The lowest BCUT2D eigenvalue weighted by Gasteiger charge is -2.24. The molecule has 0 radical (unpaired) electrons. The summed E-state index contributed by atoms with van der Waals surface area (Å²) in [6.45, 7) is 8.45. The fraction of sp³-hybridized carbons (Fsp3) is 0.208. The molecule has 0 saturated carbocycles. The van der Waals surface area contributed by atoms with Crippen LogP contribution in [0, 0.1) is 27.7 Å². The highest BCUT2D eigenvalue weighted by molar-refractivity contribution is 7.80. The summed E-state index contributed by atoms with van der Waals surface area (Å²) in [6, 6.07) is 23.3. The Hall–Kier alpha value is -2.65. The predicted octanol–water partition coefficient (Wildman–Crippen LogP) is 6.00. The molecule has 3 rings (SSSR count). The Balaban J connectivity index is 1.89. The summed E-state index contributed by atoms with van der Waals surface area (Å²) in [6.07, 6.45) is 0. The summed E-state index contributed by atoms with van der Waals surface area (Å²) in [5.41, 5.74) is 8.36. The number of rotatable bonds is 4. The molecule has 0 fully saturated rings. The number of hydrogen-bond donors (Lipinski definition) is 2. The van der Waals surface area contributed by atoms with Crippen molar-refractivity contribution in [2.45, 2.75) is 33.7 Å². The third-order valence-electron chi connectivity index (χ3n) is 4.79. The van der Waals surface area contributed by atoms with Crippen molar-refractivity contribution in [2.75, 3.05) is 5.32 Å². The third-order valence-corrected chi connectivity index (χ3v) is 5.01. The van der Waals surface area contributed by atoms with Crippen molar-refractivity contribution in [3.8, 4) is 0 Å². The van der Waals surface area contributed by atoms with Crippen LogP contribution in [-0.2, 0) is 0 Å². The maximum Gasteiger partial charge on any atom is 0.171 e. The molecule has 138 valence electrons. The number of nitrogens with one attached hydrogen (secondary N) is 2. The second-order valence-corrected chi connectivity index (χ2v) is 7.53. The average Bonchev–Trinajstić information content (AvgIpc) is 2.64. The zero-order chi connectivity index (χ0) is 19.4. The van der Waals surface area contributed by atoms with Crippen LogP contribution in [-0.4, -0.2) is 5.11 Å². The van der Waals surface area contributed by atoms with Crippen LogP contribution >= 0.6 is 12.2 Å². The first-order chi connectivity index (χ1) is 12.9. The summed E-state index contributed by atoms with van der Waals surface area (Å²) < 4.78 is 0. The number of aryl methyl sites for hydroxylation is 4. The molecule has 3 aromatic rings. The van der Waals surface area contributed by atoms with Gasteiger partial charge >= 0.3 is 0 Å². The molecule has 0 saturated heterocycles. The molecule has 2 N–H and O–H groups in total. The first kappa shape index (κ1) is 19.1. The van der Waals surface area contributed by atoms with Gasteiger partial charge in [-0.05, 0) is 73.8 Å². The van der Waals surface area contributed by atoms with E-state index in [1.165, 1.54) is 33.4 Å². The summed E-state index contributed by atoms with van der Waals surface area (Å²) in [5, 5.41) is 7.52. The number of benzene rings is 3. The Bertz CT molecular complexity index is 948. The summed E-state index contributed by atoms with van der Waals surface area (Å²) in [4.78, 5) is 0. The Labute approximate surface area is 167 Å². The van der Waals surface area contributed by atoms with E-state index in [1.54, 1.807) is 0 Å². The Kier molecular flexibility index (Phi) is 5.92. The Morgan fingerprint density at radius 1 is 0.778 bits per heavy atom. The topological polar surface area (TPSA) is 24.1 Å². The lowest BCUT2D eigenvalue weighted by molar-refractivity contribution is 0.762. The molecular weight excluding hydrogens is 348 g/mol. The quantitative estimate of drug-likeness (QED) is 0.548. The normalized spacial score (nSPS) is 11.7. The minimum Gasteiger partial charge on any atom is -0.352 e. The molecule has 0 bridgehead atoms. The van der Waals surface area contributed by atoms with E-state index in [1.807, 2.05) is 6.07 Å². The van der Waals surface area contributed by atoms with Crippen LogP contribution in [0.25, 0.3) is 0 Å². The van der Waals surface area contributed by atoms with Gasteiger partial charge in [0.2, 0.25) is 0 Å². The van der Waals surface area contributed by atoms with Crippen molar-refractivity contribution >= 4 is 23.0 Å². The number of hydrogen-bond acceptors (Lipinski definition) is 1. The van der Waals surface area contributed by atoms with Gasteiger partial charge in [0.15, 0.2) is 5.11 Å². The molecule has 3 aromatic carbocycles. The van der Waals surface area contributed by atoms with Crippen molar-refractivity contribution in [3.05, 3.63) is 100 Å². The van der Waals surface area contributed by atoms with E-state index in [0.717, 1.165) is 5.69 Å². The lowest BCUT2D eigenvalue weighted by Crippen LogP contribution is -2.33. The van der Waals surface area contributed by atoms with E-state index in [9.17, 15) is 0 Å². The third kappa shape index (κ3) is 4.75. The molecule has 0 unspecified atom stereocenters. The van der Waals surface area contributed by atoms with Crippen LogP contribution in [0.2, 0.25) is 0 Å². The summed E-state index contributed by atoms with van der Waals surface area (Å²) in [5.74, 6) is 0. The van der Waals surface area contributed by atoms with E-state index in [0.29, 0.717) is 5.11 Å². The maximum atomic E-state index is 5.66. The fourth-order valence-electron chi connectivity index (χ4n) is 3.30. The highest BCUT2D eigenvalue weighted by Gasteiger charge is 2.17. The number of thiocarbonyl (C=S) groups is 1. The van der Waals surface area contributed by atoms with Crippen LogP contribution in [0.5, 0.6) is 0 Å². The van der Waals surface area contributed by atoms with Crippen LogP contribution in [0.1, 0.15) is 39.4 Å². The van der Waals surface area contributed by atoms with E-state index >= 15 is 0 Å². The zero-order valence-electron chi connectivity index (χ0n) is 16.3. The largest absolute Gasteiger partial charge is 0.352 e. The van der Waals surface area contributed by atoms with E-state index in [2.05, 4.69) is 99.0 Å². The molecule has 0 spiro atoms. The maximum absolute atomic E-state index is 5.66. The van der Waals surface area contributed by atoms with Gasteiger partial charge in [-0.1, -0.05) is 66.2 Å². The fourth-order valence-corrected chi connectivity index (χ4v) is 3.52. The SMILES string of the molecule is Cc1ccc([C@@H](NC(=S)Nc2cc(C)ccc2C)c2ccccc2)c(C)c1. The van der Waals surface area contributed by atoms with E-state index < -0.39 is 0 Å². The molecule has 0 aromatic heterocycles. The second-order valence-electron chi connectivity index (χ2n) is 7.12. The first-order valence-corrected chi connectivity index (χ1v) is 9.62. The van der Waals surface area contributed by atoms with Gasteiger partial charge in [0, 0.05) is 5.69 Å². The van der Waals surface area contributed by atoms with Gasteiger partial charge in [0.1, 0.15) is 0 Å². The minimum absolute atomic E-state index is 0.00286. The average molecular weight is 375 g/mol. The Morgan fingerprint density at radius 2 is 1.44 bits per heavy atom. The van der Waals surface area contributed by atoms with Gasteiger partial charge in [0.05, 0.1) is 6.04 Å². The summed E-state index contributed by atoms with van der Waals surface area (Å²) >= 11 is 5.66.